The topological polar surface area (TPSA) is 58.6 Å². The van der Waals surface area contributed by atoms with E-state index in [0.29, 0.717) is 13.0 Å². The lowest BCUT2D eigenvalue weighted by Crippen LogP contribution is -2.35. The second kappa shape index (κ2) is 7.67. The average Bonchev–Trinajstić information content (AvgIpc) is 2.34. The minimum Gasteiger partial charge on any atom is -0.391 e. The summed E-state index contributed by atoms with van der Waals surface area (Å²) in [6, 6.07) is 0. The van der Waals surface area contributed by atoms with Crippen LogP contribution in [0.3, 0.4) is 0 Å². The summed E-state index contributed by atoms with van der Waals surface area (Å²) in [5.74, 6) is 0.191. The van der Waals surface area contributed by atoms with Crippen molar-refractivity contribution in [1.29, 1.82) is 0 Å². The number of carbonyl (C=O) groups excluding carboxylic acids is 1. The number of aliphatic hydroxyl groups is 1. The molecule has 1 aliphatic rings. The van der Waals surface area contributed by atoms with Crippen molar-refractivity contribution in [2.45, 2.75) is 58.2 Å². The molecular formula is C13H25NO3. The summed E-state index contributed by atoms with van der Waals surface area (Å²) in [6.07, 6.45) is 4.51. The molecule has 1 saturated heterocycles. The van der Waals surface area contributed by atoms with E-state index in [-0.39, 0.29) is 17.9 Å². The number of aliphatic hydroxyl groups excluding tert-OH is 1. The van der Waals surface area contributed by atoms with E-state index >= 15 is 0 Å². The number of nitrogens with one attached hydrogen (secondary N) is 1. The van der Waals surface area contributed by atoms with Gasteiger partial charge in [-0.1, -0.05) is 13.8 Å². The van der Waals surface area contributed by atoms with Crippen LogP contribution in [0, 0.1) is 5.92 Å². The van der Waals surface area contributed by atoms with Crippen LogP contribution in [0.25, 0.3) is 0 Å². The lowest BCUT2D eigenvalue weighted by molar-refractivity contribution is -0.122. The predicted molar refractivity (Wildman–Crippen MR) is 66.7 cm³/mol. The second-order valence-corrected chi connectivity index (χ2v) is 5.14. The molecule has 2 atom stereocenters. The number of rotatable bonds is 6. The SMILES string of the molecule is CC(C)C(O)CNC(=O)CCC1CCCCO1. The normalized spacial score (nSPS) is 22.5. The molecule has 0 radical (unpaired) electrons. The van der Waals surface area contributed by atoms with Crippen molar-refractivity contribution in [3.8, 4) is 0 Å². The molecule has 1 amide bonds. The summed E-state index contributed by atoms with van der Waals surface area (Å²) in [5, 5.41) is 12.3. The van der Waals surface area contributed by atoms with Crippen molar-refractivity contribution in [3.63, 3.8) is 0 Å². The summed E-state index contributed by atoms with van der Waals surface area (Å²) >= 11 is 0. The van der Waals surface area contributed by atoms with Gasteiger partial charge in [0, 0.05) is 19.6 Å². The zero-order valence-corrected chi connectivity index (χ0v) is 10.9. The highest BCUT2D eigenvalue weighted by molar-refractivity contribution is 5.75. The Morgan fingerprint density at radius 1 is 1.47 bits per heavy atom. The molecular weight excluding hydrogens is 218 g/mol. The summed E-state index contributed by atoms with van der Waals surface area (Å²) < 4.78 is 5.56. The van der Waals surface area contributed by atoms with Crippen LogP contribution in [-0.4, -0.2) is 36.4 Å². The molecule has 0 spiro atoms. The highest BCUT2D eigenvalue weighted by Gasteiger charge is 2.16. The van der Waals surface area contributed by atoms with Crippen molar-refractivity contribution in [2.75, 3.05) is 13.2 Å². The highest BCUT2D eigenvalue weighted by atomic mass is 16.5. The fourth-order valence-electron chi connectivity index (χ4n) is 1.87. The van der Waals surface area contributed by atoms with Crippen LogP contribution >= 0.6 is 0 Å². The Morgan fingerprint density at radius 2 is 2.24 bits per heavy atom. The first kappa shape index (κ1) is 14.5. The fourth-order valence-corrected chi connectivity index (χ4v) is 1.87. The molecule has 0 aromatic rings. The van der Waals surface area contributed by atoms with Gasteiger partial charge in [-0.25, -0.2) is 0 Å². The molecule has 0 bridgehead atoms. The van der Waals surface area contributed by atoms with E-state index in [2.05, 4.69) is 5.32 Å². The van der Waals surface area contributed by atoms with Crippen molar-refractivity contribution in [3.05, 3.63) is 0 Å². The van der Waals surface area contributed by atoms with Crippen molar-refractivity contribution >= 4 is 5.91 Å². The lowest BCUT2D eigenvalue weighted by atomic mass is 10.0. The molecule has 0 aromatic heterocycles. The third kappa shape index (κ3) is 6.03. The van der Waals surface area contributed by atoms with E-state index in [1.807, 2.05) is 13.8 Å². The minimum atomic E-state index is -0.454. The monoisotopic (exact) mass is 243 g/mol. The Morgan fingerprint density at radius 3 is 2.82 bits per heavy atom. The average molecular weight is 243 g/mol. The van der Waals surface area contributed by atoms with Crippen molar-refractivity contribution < 1.29 is 14.6 Å². The minimum absolute atomic E-state index is 0.0128. The molecule has 1 rings (SSSR count). The van der Waals surface area contributed by atoms with E-state index in [9.17, 15) is 9.90 Å². The molecule has 0 saturated carbocycles. The Labute approximate surface area is 104 Å². The summed E-state index contributed by atoms with van der Waals surface area (Å²) in [6.45, 7) is 5.06. The fraction of sp³-hybridized carbons (Fsp3) is 0.923. The first-order valence-corrected chi connectivity index (χ1v) is 6.66. The van der Waals surface area contributed by atoms with Gasteiger partial charge in [-0.15, -0.1) is 0 Å². The number of ether oxygens (including phenoxy) is 1. The number of amides is 1. The van der Waals surface area contributed by atoms with Crippen LogP contribution in [0.2, 0.25) is 0 Å². The molecule has 4 nitrogen and oxygen atoms in total. The Kier molecular flexibility index (Phi) is 6.52. The van der Waals surface area contributed by atoms with Gasteiger partial charge in [-0.3, -0.25) is 4.79 Å². The van der Waals surface area contributed by atoms with Crippen LogP contribution in [-0.2, 0) is 9.53 Å². The van der Waals surface area contributed by atoms with Gasteiger partial charge in [0.05, 0.1) is 12.2 Å². The standard InChI is InChI=1S/C13H25NO3/c1-10(2)12(15)9-14-13(16)7-6-11-5-3-4-8-17-11/h10-12,15H,3-9H2,1-2H3,(H,14,16). The van der Waals surface area contributed by atoms with Crippen LogP contribution in [0.1, 0.15) is 46.0 Å². The lowest BCUT2D eigenvalue weighted by Gasteiger charge is -2.22. The molecule has 17 heavy (non-hydrogen) atoms. The van der Waals surface area contributed by atoms with Gasteiger partial charge in [-0.2, -0.15) is 0 Å². The van der Waals surface area contributed by atoms with Crippen LogP contribution < -0.4 is 5.32 Å². The van der Waals surface area contributed by atoms with Gasteiger partial charge in [0.25, 0.3) is 0 Å². The van der Waals surface area contributed by atoms with E-state index < -0.39 is 6.10 Å². The predicted octanol–water partition coefficient (Wildman–Crippen LogP) is 1.47. The van der Waals surface area contributed by atoms with Gasteiger partial charge in [0.15, 0.2) is 0 Å². The second-order valence-electron chi connectivity index (χ2n) is 5.14. The molecule has 4 heteroatoms. The first-order chi connectivity index (χ1) is 8.09. The Hall–Kier alpha value is -0.610. The largest absolute Gasteiger partial charge is 0.391 e. The van der Waals surface area contributed by atoms with E-state index in [0.717, 1.165) is 25.9 Å². The Balaban J connectivity index is 2.08. The molecule has 100 valence electrons. The number of hydrogen-bond acceptors (Lipinski definition) is 3. The van der Waals surface area contributed by atoms with Crippen molar-refractivity contribution in [2.24, 2.45) is 5.92 Å². The van der Waals surface area contributed by atoms with Gasteiger partial charge >= 0.3 is 0 Å². The summed E-state index contributed by atoms with van der Waals surface area (Å²) in [7, 11) is 0. The zero-order valence-electron chi connectivity index (χ0n) is 10.9. The highest BCUT2D eigenvalue weighted by Crippen LogP contribution is 2.16. The number of carbonyl (C=O) groups is 1. The van der Waals surface area contributed by atoms with Crippen LogP contribution in [0.4, 0.5) is 0 Å². The molecule has 0 aromatic carbocycles. The van der Waals surface area contributed by atoms with Gasteiger partial charge < -0.3 is 15.2 Å². The molecule has 2 N–H and O–H groups in total. The van der Waals surface area contributed by atoms with E-state index in [1.54, 1.807) is 0 Å². The quantitative estimate of drug-likeness (QED) is 0.742. The third-order valence-corrected chi connectivity index (χ3v) is 3.25. The number of hydrogen-bond donors (Lipinski definition) is 2. The van der Waals surface area contributed by atoms with E-state index in [4.69, 9.17) is 4.74 Å². The van der Waals surface area contributed by atoms with Gasteiger partial charge in [0.1, 0.15) is 0 Å². The van der Waals surface area contributed by atoms with Crippen LogP contribution in [0.5, 0.6) is 0 Å². The molecule has 2 unspecified atom stereocenters. The molecule has 1 aliphatic heterocycles. The van der Waals surface area contributed by atoms with Gasteiger partial charge in [0.2, 0.25) is 5.91 Å². The first-order valence-electron chi connectivity index (χ1n) is 6.66. The maximum atomic E-state index is 11.5. The maximum Gasteiger partial charge on any atom is 0.220 e. The van der Waals surface area contributed by atoms with Crippen molar-refractivity contribution in [1.82, 2.24) is 5.32 Å². The third-order valence-electron chi connectivity index (χ3n) is 3.25. The molecule has 1 heterocycles. The molecule has 1 fully saturated rings. The van der Waals surface area contributed by atoms with E-state index in [1.165, 1.54) is 6.42 Å². The summed E-state index contributed by atoms with van der Waals surface area (Å²) in [4.78, 5) is 11.5. The molecule has 0 aliphatic carbocycles. The summed E-state index contributed by atoms with van der Waals surface area (Å²) in [5.41, 5.74) is 0. The smallest absolute Gasteiger partial charge is 0.220 e. The maximum absolute atomic E-state index is 11.5. The zero-order chi connectivity index (χ0) is 12.7. The van der Waals surface area contributed by atoms with Crippen LogP contribution in [0.15, 0.2) is 0 Å². The Bertz CT molecular complexity index is 225. The van der Waals surface area contributed by atoms with Gasteiger partial charge in [-0.05, 0) is 31.6 Å².